The van der Waals surface area contributed by atoms with Gasteiger partial charge in [0.05, 0.1) is 7.11 Å². The lowest BCUT2D eigenvalue weighted by Crippen LogP contribution is -2.08. The van der Waals surface area contributed by atoms with Gasteiger partial charge < -0.3 is 4.74 Å². The number of methoxy groups -OCH3 is 1. The third-order valence-electron chi connectivity index (χ3n) is 2.13. The molecule has 0 aliphatic rings. The molecule has 0 radical (unpaired) electrons. The minimum Gasteiger partial charge on any atom is -0.491 e. The van der Waals surface area contributed by atoms with E-state index in [0.29, 0.717) is 0 Å². The van der Waals surface area contributed by atoms with Gasteiger partial charge in [-0.1, -0.05) is 13.8 Å². The molecule has 16 heavy (non-hydrogen) atoms. The fourth-order valence-corrected chi connectivity index (χ4v) is 1.42. The monoisotopic (exact) mass is 236 g/mol. The normalized spacial score (nSPS) is 11.0. The minimum absolute atomic E-state index is 0.0739. The van der Waals surface area contributed by atoms with Crippen LogP contribution in [0.3, 0.4) is 0 Å². The van der Waals surface area contributed by atoms with Crippen LogP contribution in [0.25, 0.3) is 0 Å². The molecule has 0 saturated heterocycles. The van der Waals surface area contributed by atoms with Gasteiger partial charge in [0.25, 0.3) is 0 Å². The summed E-state index contributed by atoms with van der Waals surface area (Å²) in [6, 6.07) is 0. The molecule has 1 rings (SSSR count). The van der Waals surface area contributed by atoms with Gasteiger partial charge in [-0.05, 0) is 12.3 Å². The van der Waals surface area contributed by atoms with Crippen LogP contribution in [-0.2, 0) is 6.42 Å². The van der Waals surface area contributed by atoms with Crippen LogP contribution < -0.4 is 4.74 Å². The predicted molar refractivity (Wildman–Crippen MR) is 51.4 cm³/mol. The number of benzene rings is 1. The molecule has 1 aromatic rings. The zero-order valence-corrected chi connectivity index (χ0v) is 9.20. The zero-order chi connectivity index (χ0) is 12.5. The maximum atomic E-state index is 13.4. The smallest absolute Gasteiger partial charge is 0.204 e. The van der Waals surface area contributed by atoms with Crippen molar-refractivity contribution in [3.63, 3.8) is 0 Å². The van der Waals surface area contributed by atoms with Gasteiger partial charge in [0, 0.05) is 5.56 Å². The van der Waals surface area contributed by atoms with E-state index in [2.05, 4.69) is 4.74 Å². The standard InChI is InChI=1S/C11H12F4O/c1-5(2)4-6-7(12)9(14)11(16-3)10(15)8(6)13/h5H,4H2,1-3H3. The lowest BCUT2D eigenvalue weighted by Gasteiger charge is -2.12. The number of ether oxygens (including phenoxy) is 1. The van der Waals surface area contributed by atoms with Crippen LogP contribution in [0.4, 0.5) is 17.6 Å². The third kappa shape index (κ3) is 2.13. The lowest BCUT2D eigenvalue weighted by atomic mass is 10.0. The summed E-state index contributed by atoms with van der Waals surface area (Å²) in [7, 11) is 0.947. The van der Waals surface area contributed by atoms with Crippen molar-refractivity contribution in [2.24, 2.45) is 5.92 Å². The Morgan fingerprint density at radius 1 is 0.938 bits per heavy atom. The highest BCUT2D eigenvalue weighted by atomic mass is 19.2. The van der Waals surface area contributed by atoms with E-state index in [-0.39, 0.29) is 12.3 Å². The van der Waals surface area contributed by atoms with Gasteiger partial charge in [0.2, 0.25) is 11.6 Å². The summed E-state index contributed by atoms with van der Waals surface area (Å²) >= 11 is 0. The van der Waals surface area contributed by atoms with E-state index in [1.807, 2.05) is 0 Å². The molecule has 0 amide bonds. The first-order chi connectivity index (χ1) is 7.40. The highest BCUT2D eigenvalue weighted by molar-refractivity contribution is 5.34. The maximum Gasteiger partial charge on any atom is 0.204 e. The average Bonchev–Trinajstić information content (AvgIpc) is 2.22. The van der Waals surface area contributed by atoms with Crippen molar-refractivity contribution >= 4 is 0 Å². The van der Waals surface area contributed by atoms with Crippen LogP contribution in [-0.4, -0.2) is 7.11 Å². The second-order valence-electron chi connectivity index (χ2n) is 3.87. The van der Waals surface area contributed by atoms with Gasteiger partial charge in [0.15, 0.2) is 17.4 Å². The fourth-order valence-electron chi connectivity index (χ4n) is 1.42. The van der Waals surface area contributed by atoms with Crippen molar-refractivity contribution in [3.8, 4) is 5.75 Å². The van der Waals surface area contributed by atoms with E-state index in [9.17, 15) is 17.6 Å². The molecule has 5 heteroatoms. The molecule has 0 bridgehead atoms. The Hall–Kier alpha value is -1.26. The average molecular weight is 236 g/mol. The van der Waals surface area contributed by atoms with E-state index >= 15 is 0 Å². The van der Waals surface area contributed by atoms with Crippen LogP contribution in [0.2, 0.25) is 0 Å². The minimum atomic E-state index is -1.49. The van der Waals surface area contributed by atoms with E-state index in [0.717, 1.165) is 7.11 Å². The Balaban J connectivity index is 3.41. The van der Waals surface area contributed by atoms with Crippen molar-refractivity contribution < 1.29 is 22.3 Å². The number of hydrogen-bond donors (Lipinski definition) is 0. The summed E-state index contributed by atoms with van der Waals surface area (Å²) in [5.74, 6) is -6.89. The van der Waals surface area contributed by atoms with Gasteiger partial charge >= 0.3 is 0 Å². The molecule has 0 spiro atoms. The molecule has 0 aliphatic carbocycles. The van der Waals surface area contributed by atoms with E-state index in [1.54, 1.807) is 13.8 Å². The second-order valence-corrected chi connectivity index (χ2v) is 3.87. The van der Waals surface area contributed by atoms with Gasteiger partial charge in [0.1, 0.15) is 0 Å². The Morgan fingerprint density at radius 2 is 1.38 bits per heavy atom. The first kappa shape index (κ1) is 12.8. The largest absolute Gasteiger partial charge is 0.491 e. The zero-order valence-electron chi connectivity index (χ0n) is 9.20. The Bertz CT molecular complexity index is 372. The molecule has 0 aromatic heterocycles. The quantitative estimate of drug-likeness (QED) is 0.577. The molecule has 0 saturated carbocycles. The molecule has 0 aliphatic heterocycles. The highest BCUT2D eigenvalue weighted by Crippen LogP contribution is 2.30. The first-order valence-electron chi connectivity index (χ1n) is 4.78. The lowest BCUT2D eigenvalue weighted by molar-refractivity contribution is 0.327. The maximum absolute atomic E-state index is 13.4. The number of rotatable bonds is 3. The molecule has 1 aromatic carbocycles. The van der Waals surface area contributed by atoms with Crippen molar-refractivity contribution in [2.45, 2.75) is 20.3 Å². The molecule has 0 atom stereocenters. The van der Waals surface area contributed by atoms with E-state index < -0.39 is 34.6 Å². The van der Waals surface area contributed by atoms with Crippen LogP contribution in [0.5, 0.6) is 5.75 Å². The van der Waals surface area contributed by atoms with Crippen molar-refractivity contribution in [1.29, 1.82) is 0 Å². The van der Waals surface area contributed by atoms with Crippen LogP contribution >= 0.6 is 0 Å². The summed E-state index contributed by atoms with van der Waals surface area (Å²) in [5, 5.41) is 0. The van der Waals surface area contributed by atoms with Crippen molar-refractivity contribution in [2.75, 3.05) is 7.11 Å². The molecule has 0 N–H and O–H groups in total. The Labute approximate surface area is 91.0 Å². The molecular formula is C11H12F4O. The predicted octanol–water partition coefficient (Wildman–Crippen LogP) is 3.45. The molecule has 90 valence electrons. The van der Waals surface area contributed by atoms with Crippen LogP contribution in [0, 0.1) is 29.2 Å². The van der Waals surface area contributed by atoms with Gasteiger partial charge in [-0.2, -0.15) is 8.78 Å². The molecular weight excluding hydrogens is 224 g/mol. The summed E-state index contributed by atoms with van der Waals surface area (Å²) in [4.78, 5) is 0. The summed E-state index contributed by atoms with van der Waals surface area (Å²) in [6.45, 7) is 3.39. The van der Waals surface area contributed by atoms with Gasteiger partial charge in [-0.15, -0.1) is 0 Å². The van der Waals surface area contributed by atoms with Crippen LogP contribution in [0.15, 0.2) is 0 Å². The van der Waals surface area contributed by atoms with Crippen molar-refractivity contribution in [1.82, 2.24) is 0 Å². The summed E-state index contributed by atoms with van der Waals surface area (Å²) in [6.07, 6.45) is -0.0739. The summed E-state index contributed by atoms with van der Waals surface area (Å²) < 4.78 is 57.5. The third-order valence-corrected chi connectivity index (χ3v) is 2.13. The SMILES string of the molecule is COc1c(F)c(F)c(CC(C)C)c(F)c1F. The topological polar surface area (TPSA) is 9.23 Å². The van der Waals surface area contributed by atoms with E-state index in [1.165, 1.54) is 0 Å². The molecule has 1 nitrogen and oxygen atoms in total. The van der Waals surface area contributed by atoms with Crippen molar-refractivity contribution in [3.05, 3.63) is 28.8 Å². The van der Waals surface area contributed by atoms with Gasteiger partial charge in [-0.25, -0.2) is 8.78 Å². The first-order valence-corrected chi connectivity index (χ1v) is 4.78. The number of halogens is 4. The molecule has 0 fully saturated rings. The van der Waals surface area contributed by atoms with E-state index in [4.69, 9.17) is 0 Å². The second kappa shape index (κ2) is 4.72. The number of hydrogen-bond acceptors (Lipinski definition) is 1. The molecule has 0 heterocycles. The summed E-state index contributed by atoms with van der Waals surface area (Å²) in [5.41, 5.74) is -0.578. The molecule has 0 unspecified atom stereocenters. The Morgan fingerprint density at radius 3 is 1.69 bits per heavy atom. The highest BCUT2D eigenvalue weighted by Gasteiger charge is 2.26. The fraction of sp³-hybridized carbons (Fsp3) is 0.455. The Kier molecular flexibility index (Phi) is 3.78. The van der Waals surface area contributed by atoms with Crippen LogP contribution in [0.1, 0.15) is 19.4 Å². The van der Waals surface area contributed by atoms with Gasteiger partial charge in [-0.3, -0.25) is 0 Å².